The zero-order valence-electron chi connectivity index (χ0n) is 20.2. The molecular formula is C28H24FN5O3. The molecule has 0 bridgehead atoms. The van der Waals surface area contributed by atoms with E-state index in [0.717, 1.165) is 22.4 Å². The summed E-state index contributed by atoms with van der Waals surface area (Å²) in [4.78, 5) is 16.9. The van der Waals surface area contributed by atoms with Crippen molar-refractivity contribution in [1.29, 1.82) is 0 Å². The molecule has 0 spiro atoms. The summed E-state index contributed by atoms with van der Waals surface area (Å²) < 4.78 is 25.4. The maximum absolute atomic E-state index is 13.1. The highest BCUT2D eigenvalue weighted by molar-refractivity contribution is 5.92. The highest BCUT2D eigenvalue weighted by Crippen LogP contribution is 2.31. The lowest BCUT2D eigenvalue weighted by Crippen LogP contribution is -2.14. The Morgan fingerprint density at radius 3 is 2.41 bits per heavy atom. The van der Waals surface area contributed by atoms with E-state index in [4.69, 9.17) is 9.47 Å². The summed E-state index contributed by atoms with van der Waals surface area (Å²) in [5, 5.41) is 10.6. The van der Waals surface area contributed by atoms with Crippen molar-refractivity contribution < 1.29 is 18.7 Å². The average Bonchev–Trinajstić information content (AvgIpc) is 3.32. The molecule has 0 aliphatic heterocycles. The molecule has 0 aliphatic carbocycles. The number of fused-ring (bicyclic) bond motifs is 1. The second kappa shape index (κ2) is 10.4. The number of halogens is 1. The molecule has 2 aromatic heterocycles. The number of rotatable bonds is 8. The van der Waals surface area contributed by atoms with Crippen LogP contribution in [-0.4, -0.2) is 34.7 Å². The van der Waals surface area contributed by atoms with Crippen LogP contribution in [0.4, 0.5) is 21.7 Å². The van der Waals surface area contributed by atoms with E-state index in [1.165, 1.54) is 12.1 Å². The molecule has 8 nitrogen and oxygen atoms in total. The molecular weight excluding hydrogens is 473 g/mol. The summed E-state index contributed by atoms with van der Waals surface area (Å²) in [5.41, 5.74) is 4.73. The van der Waals surface area contributed by atoms with Crippen LogP contribution >= 0.6 is 0 Å². The highest BCUT2D eigenvalue weighted by Gasteiger charge is 2.11. The van der Waals surface area contributed by atoms with Crippen LogP contribution in [0.25, 0.3) is 16.8 Å². The Balaban J connectivity index is 1.28. The number of nitrogens with zero attached hydrogens (tertiary/aromatic N) is 3. The van der Waals surface area contributed by atoms with Crippen LogP contribution in [0.15, 0.2) is 85.1 Å². The van der Waals surface area contributed by atoms with Gasteiger partial charge in [-0.3, -0.25) is 4.79 Å². The van der Waals surface area contributed by atoms with Gasteiger partial charge in [0.2, 0.25) is 11.9 Å². The maximum Gasteiger partial charge on any atom is 0.247 e. The Kier molecular flexibility index (Phi) is 6.67. The molecule has 0 saturated carbocycles. The van der Waals surface area contributed by atoms with Crippen LogP contribution in [0.1, 0.15) is 5.56 Å². The topological polar surface area (TPSA) is 89.8 Å². The first kappa shape index (κ1) is 23.8. The lowest BCUT2D eigenvalue weighted by atomic mass is 10.1. The van der Waals surface area contributed by atoms with Crippen LogP contribution in [0, 0.1) is 5.82 Å². The monoisotopic (exact) mass is 497 g/mol. The number of methoxy groups -OCH3 is 2. The zero-order chi connectivity index (χ0) is 25.8. The lowest BCUT2D eigenvalue weighted by Gasteiger charge is -2.10. The van der Waals surface area contributed by atoms with Gasteiger partial charge in [0.05, 0.1) is 26.3 Å². The van der Waals surface area contributed by atoms with Gasteiger partial charge in [0.15, 0.2) is 5.65 Å². The van der Waals surface area contributed by atoms with Crippen molar-refractivity contribution in [1.82, 2.24) is 14.6 Å². The number of carbonyl (C=O) groups excluding carboxylic acids is 1. The molecule has 5 rings (SSSR count). The molecule has 1 amide bonds. The van der Waals surface area contributed by atoms with Crippen molar-refractivity contribution in [3.8, 4) is 22.6 Å². The van der Waals surface area contributed by atoms with E-state index in [2.05, 4.69) is 20.7 Å². The van der Waals surface area contributed by atoms with Crippen molar-refractivity contribution in [2.24, 2.45) is 0 Å². The number of amides is 1. The Labute approximate surface area is 212 Å². The number of anilines is 3. The molecule has 2 N–H and O–H groups in total. The number of ether oxygens (including phenoxy) is 2. The second-order valence-electron chi connectivity index (χ2n) is 8.28. The SMILES string of the molecule is COc1ccc(Nc2nc3ccc(-c4ccc(NC(=O)Cc5ccc(F)cc5)cc4)cn3n2)c(OC)c1. The summed E-state index contributed by atoms with van der Waals surface area (Å²) >= 11 is 0. The van der Waals surface area contributed by atoms with Gasteiger partial charge in [-0.1, -0.05) is 24.3 Å². The van der Waals surface area contributed by atoms with Crippen LogP contribution < -0.4 is 20.1 Å². The van der Waals surface area contributed by atoms with E-state index in [1.807, 2.05) is 54.7 Å². The first-order valence-electron chi connectivity index (χ1n) is 11.5. The minimum atomic E-state index is -0.325. The van der Waals surface area contributed by atoms with Crippen molar-refractivity contribution >= 4 is 28.9 Å². The molecule has 0 fully saturated rings. The summed E-state index contributed by atoms with van der Waals surface area (Å²) in [6, 6.07) is 22.7. The zero-order valence-corrected chi connectivity index (χ0v) is 20.2. The standard InChI is InChI=1S/C28H24FN5O3/c1-36-23-12-13-24(25(16-23)37-2)31-28-32-26-14-7-20(17-34(26)33-28)19-5-10-22(11-6-19)30-27(35)15-18-3-8-21(29)9-4-18/h3-14,16-17H,15H2,1-2H3,(H,30,35)(H,31,33). The number of pyridine rings is 1. The van der Waals surface area contributed by atoms with E-state index in [1.54, 1.807) is 36.9 Å². The third-order valence-electron chi connectivity index (χ3n) is 5.77. The molecule has 5 aromatic rings. The summed E-state index contributed by atoms with van der Waals surface area (Å²) in [7, 11) is 3.19. The fourth-order valence-corrected chi connectivity index (χ4v) is 3.87. The number of carbonyl (C=O) groups is 1. The van der Waals surface area contributed by atoms with Crippen LogP contribution in [0.5, 0.6) is 11.5 Å². The van der Waals surface area contributed by atoms with E-state index in [9.17, 15) is 9.18 Å². The van der Waals surface area contributed by atoms with Crippen molar-refractivity contribution in [3.63, 3.8) is 0 Å². The Morgan fingerprint density at radius 1 is 0.919 bits per heavy atom. The Morgan fingerprint density at radius 2 is 1.68 bits per heavy atom. The van der Waals surface area contributed by atoms with Crippen LogP contribution in [0.3, 0.4) is 0 Å². The van der Waals surface area contributed by atoms with Crippen molar-refractivity contribution in [3.05, 3.63) is 96.4 Å². The predicted molar refractivity (Wildman–Crippen MR) is 140 cm³/mol. The quantitative estimate of drug-likeness (QED) is 0.295. The molecule has 0 saturated heterocycles. The number of nitrogens with one attached hydrogen (secondary N) is 2. The molecule has 3 aromatic carbocycles. The van der Waals surface area contributed by atoms with E-state index >= 15 is 0 Å². The van der Waals surface area contributed by atoms with Gasteiger partial charge in [0.1, 0.15) is 17.3 Å². The second-order valence-corrected chi connectivity index (χ2v) is 8.28. The van der Waals surface area contributed by atoms with Gasteiger partial charge in [-0.25, -0.2) is 8.91 Å². The molecule has 9 heteroatoms. The van der Waals surface area contributed by atoms with E-state index in [-0.39, 0.29) is 18.1 Å². The minimum absolute atomic E-state index is 0.170. The lowest BCUT2D eigenvalue weighted by molar-refractivity contribution is -0.115. The third kappa shape index (κ3) is 5.51. The van der Waals surface area contributed by atoms with Gasteiger partial charge in [-0.05, 0) is 59.7 Å². The van der Waals surface area contributed by atoms with Gasteiger partial charge in [-0.15, -0.1) is 5.10 Å². The van der Waals surface area contributed by atoms with Crippen molar-refractivity contribution in [2.75, 3.05) is 24.9 Å². The summed E-state index contributed by atoms with van der Waals surface area (Å²) in [5.74, 6) is 1.24. The number of benzene rings is 3. The maximum atomic E-state index is 13.1. The number of hydrogen-bond donors (Lipinski definition) is 2. The van der Waals surface area contributed by atoms with Gasteiger partial charge in [-0.2, -0.15) is 4.98 Å². The Bertz CT molecular complexity index is 1550. The third-order valence-corrected chi connectivity index (χ3v) is 5.77. The largest absolute Gasteiger partial charge is 0.497 e. The smallest absolute Gasteiger partial charge is 0.247 e. The van der Waals surface area contributed by atoms with Gasteiger partial charge in [0, 0.05) is 23.5 Å². The van der Waals surface area contributed by atoms with E-state index in [0.29, 0.717) is 28.8 Å². The van der Waals surface area contributed by atoms with Crippen LogP contribution in [-0.2, 0) is 11.2 Å². The molecule has 2 heterocycles. The molecule has 37 heavy (non-hydrogen) atoms. The molecule has 0 unspecified atom stereocenters. The molecule has 0 atom stereocenters. The normalized spacial score (nSPS) is 10.8. The first-order chi connectivity index (χ1) is 18.0. The van der Waals surface area contributed by atoms with Gasteiger partial charge >= 0.3 is 0 Å². The summed E-state index contributed by atoms with van der Waals surface area (Å²) in [6.45, 7) is 0. The minimum Gasteiger partial charge on any atom is -0.497 e. The summed E-state index contributed by atoms with van der Waals surface area (Å²) in [6.07, 6.45) is 2.06. The highest BCUT2D eigenvalue weighted by atomic mass is 19.1. The number of hydrogen-bond acceptors (Lipinski definition) is 6. The van der Waals surface area contributed by atoms with Gasteiger partial charge < -0.3 is 20.1 Å². The van der Waals surface area contributed by atoms with Gasteiger partial charge in [0.25, 0.3) is 0 Å². The molecule has 186 valence electrons. The average molecular weight is 498 g/mol. The number of aromatic nitrogens is 3. The fraction of sp³-hybridized carbons (Fsp3) is 0.107. The predicted octanol–water partition coefficient (Wildman–Crippen LogP) is 5.48. The fourth-order valence-electron chi connectivity index (χ4n) is 3.87. The molecule has 0 radical (unpaired) electrons. The Hall–Kier alpha value is -4.92. The molecule has 0 aliphatic rings. The van der Waals surface area contributed by atoms with Crippen molar-refractivity contribution in [2.45, 2.75) is 6.42 Å². The first-order valence-corrected chi connectivity index (χ1v) is 11.5. The van der Waals surface area contributed by atoms with E-state index < -0.39 is 0 Å². The van der Waals surface area contributed by atoms with Crippen LogP contribution in [0.2, 0.25) is 0 Å².